The maximum absolute atomic E-state index is 13.4. The molecule has 2 N–H and O–H groups in total. The van der Waals surface area contributed by atoms with E-state index < -0.39 is 15.9 Å². The molecule has 0 saturated carbocycles. The van der Waals surface area contributed by atoms with Crippen molar-refractivity contribution in [1.29, 1.82) is 0 Å². The van der Waals surface area contributed by atoms with Gasteiger partial charge in [-0.15, -0.1) is 5.10 Å². The molecule has 1 aliphatic rings. The highest BCUT2D eigenvalue weighted by atomic mass is 32.2. The topological polar surface area (TPSA) is 111 Å². The Labute approximate surface area is 185 Å². The summed E-state index contributed by atoms with van der Waals surface area (Å²) < 4.78 is 25.2. The van der Waals surface area contributed by atoms with Crippen LogP contribution in [0.2, 0.25) is 0 Å². The fourth-order valence-electron chi connectivity index (χ4n) is 3.79. The van der Waals surface area contributed by atoms with Gasteiger partial charge in [0, 0.05) is 17.8 Å². The van der Waals surface area contributed by atoms with Crippen molar-refractivity contribution in [2.75, 3.05) is 11.4 Å². The minimum atomic E-state index is -3.89. The average Bonchev–Trinajstić information content (AvgIpc) is 3.44. The molecule has 1 aromatic heterocycles. The highest BCUT2D eigenvalue weighted by Gasteiger charge is 2.30. The fourth-order valence-corrected chi connectivity index (χ4v) is 4.33. The summed E-state index contributed by atoms with van der Waals surface area (Å²) in [6.07, 6.45) is 0.608. The zero-order chi connectivity index (χ0) is 22.3. The Kier molecular flexibility index (Phi) is 4.84. The summed E-state index contributed by atoms with van der Waals surface area (Å²) in [5.41, 5.74) is 2.98. The molecule has 32 heavy (non-hydrogen) atoms. The second-order valence-electron chi connectivity index (χ2n) is 7.41. The monoisotopic (exact) mass is 445 g/mol. The molecule has 0 saturated heterocycles. The Balaban J connectivity index is 1.59. The number of fused-ring (bicyclic) bond motifs is 1. The van der Waals surface area contributed by atoms with E-state index in [-0.39, 0.29) is 10.7 Å². The molecule has 0 atom stereocenters. The van der Waals surface area contributed by atoms with Crippen LogP contribution in [0, 0.1) is 0 Å². The average molecular weight is 446 g/mol. The van der Waals surface area contributed by atoms with Crippen molar-refractivity contribution in [3.63, 3.8) is 0 Å². The van der Waals surface area contributed by atoms with Crippen LogP contribution in [0.1, 0.15) is 16.2 Å². The highest BCUT2D eigenvalue weighted by Crippen LogP contribution is 2.31. The largest absolute Gasteiger partial charge is 0.305 e. The van der Waals surface area contributed by atoms with Crippen molar-refractivity contribution in [1.82, 2.24) is 14.8 Å². The molecule has 8 nitrogen and oxygen atoms in total. The number of nitrogens with zero attached hydrogens (tertiary/aromatic N) is 4. The molecule has 4 aromatic rings. The molecule has 0 radical (unpaired) electrons. The summed E-state index contributed by atoms with van der Waals surface area (Å²) in [6.45, 7) is 0.406. The first kappa shape index (κ1) is 20.1. The van der Waals surface area contributed by atoms with E-state index in [9.17, 15) is 13.2 Å². The minimum absolute atomic E-state index is 0.0292. The van der Waals surface area contributed by atoms with Crippen LogP contribution in [0.3, 0.4) is 0 Å². The Bertz CT molecular complexity index is 1360. The maximum Gasteiger partial charge on any atom is 0.297 e. The van der Waals surface area contributed by atoms with Crippen LogP contribution in [0.25, 0.3) is 17.1 Å². The van der Waals surface area contributed by atoms with E-state index in [2.05, 4.69) is 10.1 Å². The third-order valence-electron chi connectivity index (χ3n) is 5.36. The van der Waals surface area contributed by atoms with E-state index in [1.807, 2.05) is 60.7 Å². The molecule has 0 unspecified atom stereocenters. The summed E-state index contributed by atoms with van der Waals surface area (Å²) in [6, 6.07) is 23.5. The number of nitrogens with two attached hydrogens (primary N) is 1. The smallest absolute Gasteiger partial charge is 0.297 e. The number of carbonyl (C=O) groups is 1. The van der Waals surface area contributed by atoms with Crippen molar-refractivity contribution in [2.45, 2.75) is 11.3 Å². The van der Waals surface area contributed by atoms with Crippen LogP contribution >= 0.6 is 0 Å². The van der Waals surface area contributed by atoms with E-state index in [1.54, 1.807) is 10.7 Å². The van der Waals surface area contributed by atoms with Gasteiger partial charge in [-0.05, 0) is 36.2 Å². The van der Waals surface area contributed by atoms with Gasteiger partial charge in [-0.1, -0.05) is 54.6 Å². The molecule has 1 aliphatic heterocycles. The third-order valence-corrected chi connectivity index (χ3v) is 6.27. The summed E-state index contributed by atoms with van der Waals surface area (Å²) >= 11 is 0. The van der Waals surface area contributed by atoms with Gasteiger partial charge in [0.25, 0.3) is 5.91 Å². The summed E-state index contributed by atoms with van der Waals surface area (Å²) in [7, 11) is -3.89. The molecule has 0 fully saturated rings. The molecule has 5 rings (SSSR count). The highest BCUT2D eigenvalue weighted by molar-refractivity contribution is 7.89. The van der Waals surface area contributed by atoms with Gasteiger partial charge in [-0.2, -0.15) is 0 Å². The number of aromatic nitrogens is 3. The zero-order valence-electron chi connectivity index (χ0n) is 16.9. The number of primary sulfonamides is 1. The van der Waals surface area contributed by atoms with Gasteiger partial charge >= 0.3 is 0 Å². The normalized spacial score (nSPS) is 13.2. The van der Waals surface area contributed by atoms with E-state index >= 15 is 0 Å². The second kappa shape index (κ2) is 7.70. The molecule has 160 valence electrons. The van der Waals surface area contributed by atoms with E-state index in [1.165, 1.54) is 17.0 Å². The molecular weight excluding hydrogens is 426 g/mol. The Morgan fingerprint density at radius 1 is 0.938 bits per heavy atom. The fraction of sp³-hybridized carbons (Fsp3) is 0.0870. The lowest BCUT2D eigenvalue weighted by atomic mass is 10.2. The van der Waals surface area contributed by atoms with Crippen LogP contribution in [0.4, 0.5) is 5.69 Å². The molecule has 3 aromatic carbocycles. The van der Waals surface area contributed by atoms with Crippen LogP contribution < -0.4 is 10.0 Å². The number of hydrogen-bond acceptors (Lipinski definition) is 5. The van der Waals surface area contributed by atoms with Crippen LogP contribution in [-0.2, 0) is 16.4 Å². The second-order valence-corrected chi connectivity index (χ2v) is 8.98. The molecule has 9 heteroatoms. The predicted molar refractivity (Wildman–Crippen MR) is 120 cm³/mol. The maximum atomic E-state index is 13.4. The van der Waals surface area contributed by atoms with Gasteiger partial charge in [0.2, 0.25) is 15.8 Å². The van der Waals surface area contributed by atoms with Crippen LogP contribution in [0.5, 0.6) is 0 Å². The third kappa shape index (κ3) is 3.57. The molecule has 0 aliphatic carbocycles. The Morgan fingerprint density at radius 3 is 2.31 bits per heavy atom. The molecule has 2 heterocycles. The van der Waals surface area contributed by atoms with Gasteiger partial charge in [-0.25, -0.2) is 23.2 Å². The van der Waals surface area contributed by atoms with Gasteiger partial charge in [-0.3, -0.25) is 4.79 Å². The first-order chi connectivity index (χ1) is 15.4. The number of amides is 1. The summed E-state index contributed by atoms with van der Waals surface area (Å²) in [5.74, 6) is 0.168. The van der Waals surface area contributed by atoms with Gasteiger partial charge in [0.15, 0.2) is 5.82 Å². The molecule has 1 amide bonds. The molecular formula is C23H19N5O3S. The first-order valence-corrected chi connectivity index (χ1v) is 11.5. The van der Waals surface area contributed by atoms with Crippen LogP contribution in [-0.4, -0.2) is 35.6 Å². The quantitative estimate of drug-likeness (QED) is 0.519. The lowest BCUT2D eigenvalue weighted by molar-refractivity contribution is 0.0979. The number of carbonyl (C=O) groups excluding carboxylic acids is 1. The Morgan fingerprint density at radius 2 is 1.62 bits per heavy atom. The van der Waals surface area contributed by atoms with Gasteiger partial charge < -0.3 is 4.90 Å². The molecule has 0 bridgehead atoms. The lowest BCUT2D eigenvalue weighted by Crippen LogP contribution is -2.30. The first-order valence-electron chi connectivity index (χ1n) is 9.97. The number of rotatable bonds is 4. The number of hydrogen-bond donors (Lipinski definition) is 1. The predicted octanol–water partition coefficient (Wildman–Crippen LogP) is 2.78. The number of sulfonamides is 1. The SMILES string of the molecule is NS(=O)(=O)c1ccc2c(c1)N(C(=O)c1nc(-c3ccccc3)n(-c3ccccc3)n1)CC2. The van der Waals surface area contributed by atoms with Crippen molar-refractivity contribution in [2.24, 2.45) is 5.14 Å². The van der Waals surface area contributed by atoms with Gasteiger partial charge in [0.05, 0.1) is 10.6 Å². The number of anilines is 1. The van der Waals surface area contributed by atoms with Crippen molar-refractivity contribution in [3.05, 3.63) is 90.3 Å². The van der Waals surface area contributed by atoms with E-state index in [0.717, 1.165) is 16.8 Å². The standard InChI is InChI=1S/C23H19N5O3S/c24-32(30,31)19-12-11-16-13-14-27(20(16)15-19)23(29)21-25-22(17-7-3-1-4-8-17)28(26-21)18-9-5-2-6-10-18/h1-12,15H,13-14H2,(H2,24,30,31). The van der Waals surface area contributed by atoms with Crippen molar-refractivity contribution < 1.29 is 13.2 Å². The number of benzene rings is 3. The Hall–Kier alpha value is -3.82. The number of para-hydroxylation sites is 1. The molecule has 0 spiro atoms. The lowest BCUT2D eigenvalue weighted by Gasteiger charge is -2.15. The summed E-state index contributed by atoms with van der Waals surface area (Å²) in [5, 5.41) is 9.79. The van der Waals surface area contributed by atoms with Crippen molar-refractivity contribution >= 4 is 21.6 Å². The van der Waals surface area contributed by atoms with Crippen LogP contribution in [0.15, 0.2) is 83.8 Å². The minimum Gasteiger partial charge on any atom is -0.305 e. The summed E-state index contributed by atoms with van der Waals surface area (Å²) in [4.78, 5) is 19.4. The van der Waals surface area contributed by atoms with E-state index in [4.69, 9.17) is 5.14 Å². The van der Waals surface area contributed by atoms with Gasteiger partial charge in [0.1, 0.15) is 0 Å². The van der Waals surface area contributed by atoms with Crippen molar-refractivity contribution in [3.8, 4) is 17.1 Å². The zero-order valence-corrected chi connectivity index (χ0v) is 17.7. The van der Waals surface area contributed by atoms with E-state index in [0.29, 0.717) is 24.5 Å².